The van der Waals surface area contributed by atoms with Crippen molar-refractivity contribution in [2.24, 2.45) is 0 Å². The Labute approximate surface area is 142 Å². The summed E-state index contributed by atoms with van der Waals surface area (Å²) in [4.78, 5) is 23.8. The number of carbonyl (C=O) groups is 2. The summed E-state index contributed by atoms with van der Waals surface area (Å²) < 4.78 is 5.01. The van der Waals surface area contributed by atoms with Gasteiger partial charge < -0.3 is 21.1 Å². The van der Waals surface area contributed by atoms with E-state index in [9.17, 15) is 9.59 Å². The van der Waals surface area contributed by atoms with E-state index < -0.39 is 11.8 Å². The van der Waals surface area contributed by atoms with E-state index >= 15 is 0 Å². The largest absolute Gasteiger partial charge is 0.495 e. The molecule has 0 saturated carbocycles. The molecule has 0 aliphatic carbocycles. The first-order valence-electron chi connectivity index (χ1n) is 6.41. The summed E-state index contributed by atoms with van der Waals surface area (Å²) in [6.45, 7) is 0. The quantitative estimate of drug-likeness (QED) is 0.583. The molecule has 0 saturated heterocycles. The van der Waals surface area contributed by atoms with Crippen molar-refractivity contribution in [3.05, 3.63) is 46.4 Å². The highest BCUT2D eigenvalue weighted by Crippen LogP contribution is 2.27. The number of halogens is 2. The molecule has 2 aromatic rings. The molecule has 0 spiro atoms. The second-order valence-corrected chi connectivity index (χ2v) is 5.31. The summed E-state index contributed by atoms with van der Waals surface area (Å²) in [6.07, 6.45) is 0. The van der Waals surface area contributed by atoms with Crippen molar-refractivity contribution >= 4 is 52.1 Å². The molecule has 6 nitrogen and oxygen atoms in total. The first-order valence-corrected chi connectivity index (χ1v) is 7.17. The molecule has 0 unspecified atom stereocenters. The Kier molecular flexibility index (Phi) is 5.31. The predicted molar refractivity (Wildman–Crippen MR) is 91.1 cm³/mol. The fourth-order valence-electron chi connectivity index (χ4n) is 1.74. The molecular formula is C15H13Cl2N3O3. The Morgan fingerprint density at radius 1 is 1.00 bits per heavy atom. The second-order valence-electron chi connectivity index (χ2n) is 4.50. The number of benzene rings is 2. The summed E-state index contributed by atoms with van der Waals surface area (Å²) in [6, 6.07) is 9.15. The maximum absolute atomic E-state index is 11.9. The van der Waals surface area contributed by atoms with Crippen LogP contribution in [0.4, 0.5) is 17.1 Å². The average molecular weight is 354 g/mol. The normalized spacial score (nSPS) is 10.0. The molecule has 8 heteroatoms. The van der Waals surface area contributed by atoms with Crippen LogP contribution in [-0.2, 0) is 9.59 Å². The Morgan fingerprint density at radius 2 is 1.70 bits per heavy atom. The topological polar surface area (TPSA) is 93.4 Å². The van der Waals surface area contributed by atoms with E-state index in [1.165, 1.54) is 25.3 Å². The summed E-state index contributed by atoms with van der Waals surface area (Å²) in [5.41, 5.74) is 6.65. The SMILES string of the molecule is COc1ccc(NC(=O)C(=O)Nc2ccc(N)cc2Cl)cc1Cl. The van der Waals surface area contributed by atoms with E-state index in [1.807, 2.05) is 0 Å². The molecule has 0 bridgehead atoms. The molecule has 0 heterocycles. The number of hydrogen-bond acceptors (Lipinski definition) is 4. The van der Waals surface area contributed by atoms with Crippen molar-refractivity contribution in [2.45, 2.75) is 0 Å². The highest BCUT2D eigenvalue weighted by atomic mass is 35.5. The van der Waals surface area contributed by atoms with Gasteiger partial charge in [-0.2, -0.15) is 0 Å². The third kappa shape index (κ3) is 4.28. The molecule has 4 N–H and O–H groups in total. The molecule has 0 atom stereocenters. The molecule has 0 aliphatic rings. The molecule has 0 fully saturated rings. The van der Waals surface area contributed by atoms with E-state index in [4.69, 9.17) is 33.7 Å². The number of hydrogen-bond donors (Lipinski definition) is 3. The van der Waals surface area contributed by atoms with Crippen molar-refractivity contribution < 1.29 is 14.3 Å². The summed E-state index contributed by atoms with van der Waals surface area (Å²) in [5.74, 6) is -1.27. The number of methoxy groups -OCH3 is 1. The number of rotatable bonds is 3. The van der Waals surface area contributed by atoms with Gasteiger partial charge in [-0.15, -0.1) is 0 Å². The lowest BCUT2D eigenvalue weighted by molar-refractivity contribution is -0.132. The van der Waals surface area contributed by atoms with E-state index in [2.05, 4.69) is 10.6 Å². The number of nitrogen functional groups attached to an aromatic ring is 1. The molecule has 2 aromatic carbocycles. The first-order chi connectivity index (χ1) is 10.9. The number of nitrogens with one attached hydrogen (secondary N) is 2. The molecule has 0 aromatic heterocycles. The maximum Gasteiger partial charge on any atom is 0.314 e. The minimum atomic E-state index is -0.872. The molecule has 0 aliphatic heterocycles. The number of carbonyl (C=O) groups excluding carboxylic acids is 2. The minimum absolute atomic E-state index is 0.235. The Hall–Kier alpha value is -2.44. The van der Waals surface area contributed by atoms with Crippen LogP contribution in [0.5, 0.6) is 5.75 Å². The Bertz CT molecular complexity index is 766. The van der Waals surface area contributed by atoms with E-state index in [-0.39, 0.29) is 10.7 Å². The van der Waals surface area contributed by atoms with Gasteiger partial charge >= 0.3 is 11.8 Å². The fraction of sp³-hybridized carbons (Fsp3) is 0.0667. The maximum atomic E-state index is 11.9. The lowest BCUT2D eigenvalue weighted by Crippen LogP contribution is -2.29. The highest BCUT2D eigenvalue weighted by molar-refractivity contribution is 6.45. The van der Waals surface area contributed by atoms with Gasteiger partial charge in [0.2, 0.25) is 0 Å². The van der Waals surface area contributed by atoms with Crippen molar-refractivity contribution in [1.82, 2.24) is 0 Å². The summed E-state index contributed by atoms with van der Waals surface area (Å²) >= 11 is 11.9. The van der Waals surface area contributed by atoms with Gasteiger partial charge in [0, 0.05) is 11.4 Å². The molecule has 23 heavy (non-hydrogen) atoms. The lowest BCUT2D eigenvalue weighted by atomic mass is 10.2. The standard InChI is InChI=1S/C15H13Cl2N3O3/c1-23-13-5-3-9(7-11(13)17)19-14(21)15(22)20-12-4-2-8(18)6-10(12)16/h2-7H,18H2,1H3,(H,19,21)(H,20,22). The van der Waals surface area contributed by atoms with Crippen LogP contribution in [-0.4, -0.2) is 18.9 Å². The van der Waals surface area contributed by atoms with Crippen LogP contribution in [0.25, 0.3) is 0 Å². The molecule has 0 radical (unpaired) electrons. The molecule has 120 valence electrons. The van der Waals surface area contributed by atoms with Crippen LogP contribution in [0.15, 0.2) is 36.4 Å². The predicted octanol–water partition coefficient (Wildman–Crippen LogP) is 3.16. The van der Waals surface area contributed by atoms with Crippen molar-refractivity contribution in [3.8, 4) is 5.75 Å². The lowest BCUT2D eigenvalue weighted by Gasteiger charge is -2.09. The Balaban J connectivity index is 2.05. The highest BCUT2D eigenvalue weighted by Gasteiger charge is 2.16. The van der Waals surface area contributed by atoms with Crippen molar-refractivity contribution in [2.75, 3.05) is 23.5 Å². The third-order valence-corrected chi connectivity index (χ3v) is 3.47. The minimum Gasteiger partial charge on any atom is -0.495 e. The van der Waals surface area contributed by atoms with Gasteiger partial charge in [-0.05, 0) is 36.4 Å². The van der Waals surface area contributed by atoms with Crippen LogP contribution in [0.3, 0.4) is 0 Å². The monoisotopic (exact) mass is 353 g/mol. The fourth-order valence-corrected chi connectivity index (χ4v) is 2.24. The molecule has 2 rings (SSSR count). The zero-order valence-electron chi connectivity index (χ0n) is 12.0. The summed E-state index contributed by atoms with van der Waals surface area (Å²) in [7, 11) is 1.48. The van der Waals surface area contributed by atoms with E-state index in [1.54, 1.807) is 18.2 Å². The molecular weight excluding hydrogens is 341 g/mol. The van der Waals surface area contributed by atoms with E-state index in [0.29, 0.717) is 22.1 Å². The van der Waals surface area contributed by atoms with Crippen molar-refractivity contribution in [3.63, 3.8) is 0 Å². The zero-order chi connectivity index (χ0) is 17.0. The van der Waals surface area contributed by atoms with Gasteiger partial charge in [0.1, 0.15) is 5.75 Å². The van der Waals surface area contributed by atoms with Crippen LogP contribution < -0.4 is 21.1 Å². The number of amides is 2. The van der Waals surface area contributed by atoms with Crippen molar-refractivity contribution in [1.29, 1.82) is 0 Å². The first kappa shape index (κ1) is 16.9. The van der Waals surface area contributed by atoms with Crippen LogP contribution in [0.2, 0.25) is 10.0 Å². The van der Waals surface area contributed by atoms with E-state index in [0.717, 1.165) is 0 Å². The number of anilines is 3. The van der Waals surface area contributed by atoms with Gasteiger partial charge in [0.05, 0.1) is 22.8 Å². The van der Waals surface area contributed by atoms with Gasteiger partial charge in [0.25, 0.3) is 0 Å². The van der Waals surface area contributed by atoms with Crippen LogP contribution in [0, 0.1) is 0 Å². The smallest absolute Gasteiger partial charge is 0.314 e. The zero-order valence-corrected chi connectivity index (χ0v) is 13.5. The molecule has 2 amide bonds. The van der Waals surface area contributed by atoms with Crippen LogP contribution >= 0.6 is 23.2 Å². The second kappa shape index (κ2) is 7.21. The van der Waals surface area contributed by atoms with Gasteiger partial charge in [-0.25, -0.2) is 0 Å². The van der Waals surface area contributed by atoms with Gasteiger partial charge in [-0.1, -0.05) is 23.2 Å². The number of ether oxygens (including phenoxy) is 1. The Morgan fingerprint density at radius 3 is 2.30 bits per heavy atom. The van der Waals surface area contributed by atoms with Gasteiger partial charge in [-0.3, -0.25) is 9.59 Å². The van der Waals surface area contributed by atoms with Crippen LogP contribution in [0.1, 0.15) is 0 Å². The average Bonchev–Trinajstić information content (AvgIpc) is 2.50. The van der Waals surface area contributed by atoms with Gasteiger partial charge in [0.15, 0.2) is 0 Å². The third-order valence-electron chi connectivity index (χ3n) is 2.86. The summed E-state index contributed by atoms with van der Waals surface area (Å²) in [5, 5.41) is 5.37. The number of nitrogens with two attached hydrogens (primary N) is 1.